The van der Waals surface area contributed by atoms with Crippen LogP contribution in [-0.4, -0.2) is 33.2 Å². The molecule has 0 aliphatic heterocycles. The Balaban J connectivity index is 1.61. The van der Waals surface area contributed by atoms with E-state index in [0.717, 1.165) is 23.9 Å². The van der Waals surface area contributed by atoms with Crippen LogP contribution in [0.3, 0.4) is 0 Å². The van der Waals surface area contributed by atoms with Crippen molar-refractivity contribution in [3.8, 4) is 0 Å². The molecule has 0 bridgehead atoms. The molecule has 4 rings (SSSR count). The standard InChI is InChI=1S/C16H17N7OS/c17-13(24)12-14(20-10-1-2-11-9(7-10)3-6-25-11)21-15(23-22-12)19-8-16(18)4-5-16/h1-3,6-7H,4-5,8,18H2,(H2,17,24)(H2,19,20,21,23). The van der Waals surface area contributed by atoms with Gasteiger partial charge in [0.25, 0.3) is 5.91 Å². The molecule has 8 nitrogen and oxygen atoms in total. The number of anilines is 3. The molecule has 0 spiro atoms. The molecular weight excluding hydrogens is 338 g/mol. The highest BCUT2D eigenvalue weighted by atomic mass is 32.1. The number of carbonyl (C=O) groups excluding carboxylic acids is 1. The van der Waals surface area contributed by atoms with E-state index in [9.17, 15) is 4.79 Å². The Morgan fingerprint density at radius 3 is 2.88 bits per heavy atom. The zero-order valence-corrected chi connectivity index (χ0v) is 14.1. The molecule has 2 heterocycles. The molecule has 128 valence electrons. The number of rotatable bonds is 6. The Hall–Kier alpha value is -2.78. The lowest BCUT2D eigenvalue weighted by Crippen LogP contribution is -2.32. The van der Waals surface area contributed by atoms with E-state index in [1.165, 1.54) is 4.70 Å². The van der Waals surface area contributed by atoms with E-state index < -0.39 is 5.91 Å². The van der Waals surface area contributed by atoms with Crippen LogP contribution in [0.1, 0.15) is 23.3 Å². The topological polar surface area (TPSA) is 132 Å². The summed E-state index contributed by atoms with van der Waals surface area (Å²) >= 11 is 1.67. The maximum atomic E-state index is 11.6. The molecule has 1 fully saturated rings. The van der Waals surface area contributed by atoms with Gasteiger partial charge in [0.1, 0.15) is 0 Å². The molecule has 0 saturated heterocycles. The molecule has 1 aromatic carbocycles. The van der Waals surface area contributed by atoms with Gasteiger partial charge in [-0.05, 0) is 47.9 Å². The Labute approximate surface area is 147 Å². The maximum absolute atomic E-state index is 11.6. The normalized spacial score (nSPS) is 15.1. The van der Waals surface area contributed by atoms with Gasteiger partial charge >= 0.3 is 0 Å². The van der Waals surface area contributed by atoms with Crippen molar-refractivity contribution < 1.29 is 4.79 Å². The molecule has 25 heavy (non-hydrogen) atoms. The summed E-state index contributed by atoms with van der Waals surface area (Å²) in [4.78, 5) is 16.0. The molecule has 0 unspecified atom stereocenters. The number of nitrogens with one attached hydrogen (secondary N) is 2. The number of aromatic nitrogens is 3. The first-order valence-electron chi connectivity index (χ1n) is 7.84. The number of fused-ring (bicyclic) bond motifs is 1. The van der Waals surface area contributed by atoms with E-state index >= 15 is 0 Å². The van der Waals surface area contributed by atoms with Crippen LogP contribution in [0.4, 0.5) is 17.5 Å². The number of amides is 1. The summed E-state index contributed by atoms with van der Waals surface area (Å²) in [6, 6.07) is 7.93. The summed E-state index contributed by atoms with van der Waals surface area (Å²) in [7, 11) is 0. The highest BCUT2D eigenvalue weighted by Crippen LogP contribution is 2.32. The maximum Gasteiger partial charge on any atom is 0.273 e. The predicted octanol–water partition coefficient (Wildman–Crippen LogP) is 1.83. The number of thiophene rings is 1. The van der Waals surface area contributed by atoms with Gasteiger partial charge < -0.3 is 22.1 Å². The number of nitrogens with zero attached hydrogens (tertiary/aromatic N) is 3. The van der Waals surface area contributed by atoms with E-state index in [4.69, 9.17) is 11.5 Å². The summed E-state index contributed by atoms with van der Waals surface area (Å²) < 4.78 is 1.18. The summed E-state index contributed by atoms with van der Waals surface area (Å²) in [6.07, 6.45) is 1.94. The first-order valence-corrected chi connectivity index (χ1v) is 8.72. The lowest BCUT2D eigenvalue weighted by atomic mass is 10.2. The van der Waals surface area contributed by atoms with Crippen molar-refractivity contribution in [2.45, 2.75) is 18.4 Å². The first kappa shape index (κ1) is 15.7. The van der Waals surface area contributed by atoms with E-state index in [1.54, 1.807) is 11.3 Å². The Morgan fingerprint density at radius 1 is 1.28 bits per heavy atom. The lowest BCUT2D eigenvalue weighted by Gasteiger charge is -2.12. The molecular formula is C16H17N7OS. The minimum Gasteiger partial charge on any atom is -0.364 e. The number of carbonyl (C=O) groups is 1. The van der Waals surface area contributed by atoms with Gasteiger partial charge in [-0.15, -0.1) is 21.5 Å². The zero-order valence-electron chi connectivity index (χ0n) is 13.3. The Morgan fingerprint density at radius 2 is 2.12 bits per heavy atom. The van der Waals surface area contributed by atoms with Crippen LogP contribution in [-0.2, 0) is 0 Å². The SMILES string of the molecule is NC(=O)c1nnc(NCC2(N)CC2)nc1Nc1ccc2sccc2c1. The van der Waals surface area contributed by atoms with Gasteiger partial charge in [0, 0.05) is 22.5 Å². The van der Waals surface area contributed by atoms with Crippen molar-refractivity contribution in [2.24, 2.45) is 11.5 Å². The predicted molar refractivity (Wildman–Crippen MR) is 98.1 cm³/mol. The third-order valence-electron chi connectivity index (χ3n) is 4.13. The smallest absolute Gasteiger partial charge is 0.273 e. The molecule has 1 aliphatic rings. The quantitative estimate of drug-likeness (QED) is 0.530. The van der Waals surface area contributed by atoms with Gasteiger partial charge in [-0.2, -0.15) is 4.98 Å². The summed E-state index contributed by atoms with van der Waals surface area (Å²) in [5.74, 6) is -0.120. The fourth-order valence-corrected chi connectivity index (χ4v) is 3.20. The molecule has 0 radical (unpaired) electrons. The van der Waals surface area contributed by atoms with E-state index in [0.29, 0.717) is 12.5 Å². The summed E-state index contributed by atoms with van der Waals surface area (Å²) in [6.45, 7) is 0.560. The van der Waals surface area contributed by atoms with Gasteiger partial charge in [-0.1, -0.05) is 0 Å². The average molecular weight is 355 g/mol. The average Bonchev–Trinajstić information content (AvgIpc) is 3.15. The second-order valence-electron chi connectivity index (χ2n) is 6.21. The minimum atomic E-state index is -0.692. The fourth-order valence-electron chi connectivity index (χ4n) is 2.43. The molecule has 1 aliphatic carbocycles. The summed E-state index contributed by atoms with van der Waals surface area (Å²) in [5, 5.41) is 17.1. The van der Waals surface area contributed by atoms with E-state index in [1.807, 2.05) is 29.6 Å². The minimum absolute atomic E-state index is 0.00940. The van der Waals surface area contributed by atoms with Crippen LogP contribution in [0.25, 0.3) is 10.1 Å². The van der Waals surface area contributed by atoms with Crippen LogP contribution in [0.15, 0.2) is 29.6 Å². The second-order valence-corrected chi connectivity index (χ2v) is 7.16. The molecule has 6 N–H and O–H groups in total. The number of hydrogen-bond donors (Lipinski definition) is 4. The third-order valence-corrected chi connectivity index (χ3v) is 5.02. The number of benzene rings is 1. The van der Waals surface area contributed by atoms with Crippen molar-refractivity contribution in [1.82, 2.24) is 15.2 Å². The molecule has 0 atom stereocenters. The van der Waals surface area contributed by atoms with Gasteiger partial charge in [-0.25, -0.2) is 0 Å². The summed E-state index contributed by atoms with van der Waals surface area (Å²) in [5.41, 5.74) is 12.0. The van der Waals surface area contributed by atoms with Gasteiger partial charge in [0.05, 0.1) is 0 Å². The van der Waals surface area contributed by atoms with E-state index in [2.05, 4.69) is 25.8 Å². The van der Waals surface area contributed by atoms with Crippen LogP contribution >= 0.6 is 11.3 Å². The van der Waals surface area contributed by atoms with Crippen molar-refractivity contribution in [1.29, 1.82) is 0 Å². The monoisotopic (exact) mass is 355 g/mol. The van der Waals surface area contributed by atoms with Crippen molar-refractivity contribution >= 4 is 44.8 Å². The number of primary amides is 1. The second kappa shape index (κ2) is 5.94. The van der Waals surface area contributed by atoms with Gasteiger partial charge in [-0.3, -0.25) is 4.79 Å². The molecule has 1 saturated carbocycles. The van der Waals surface area contributed by atoms with Crippen molar-refractivity contribution in [2.75, 3.05) is 17.2 Å². The molecule has 9 heteroatoms. The van der Waals surface area contributed by atoms with Crippen molar-refractivity contribution in [3.05, 3.63) is 35.3 Å². The number of nitrogens with two attached hydrogens (primary N) is 2. The van der Waals surface area contributed by atoms with Crippen LogP contribution in [0.5, 0.6) is 0 Å². The number of hydrogen-bond acceptors (Lipinski definition) is 8. The Bertz CT molecular complexity index is 951. The van der Waals surface area contributed by atoms with Crippen LogP contribution in [0, 0.1) is 0 Å². The molecule has 2 aromatic heterocycles. The fraction of sp³-hybridized carbons (Fsp3) is 0.250. The molecule has 1 amide bonds. The largest absolute Gasteiger partial charge is 0.364 e. The first-order chi connectivity index (χ1) is 12.0. The highest BCUT2D eigenvalue weighted by molar-refractivity contribution is 7.17. The third kappa shape index (κ3) is 3.37. The van der Waals surface area contributed by atoms with Crippen molar-refractivity contribution in [3.63, 3.8) is 0 Å². The van der Waals surface area contributed by atoms with Crippen LogP contribution < -0.4 is 22.1 Å². The lowest BCUT2D eigenvalue weighted by molar-refractivity contribution is 0.0995. The van der Waals surface area contributed by atoms with Gasteiger partial charge in [0.15, 0.2) is 11.5 Å². The zero-order chi connectivity index (χ0) is 17.4. The molecule has 3 aromatic rings. The Kier molecular flexibility index (Phi) is 3.74. The van der Waals surface area contributed by atoms with Gasteiger partial charge in [0.2, 0.25) is 5.95 Å². The van der Waals surface area contributed by atoms with Crippen LogP contribution in [0.2, 0.25) is 0 Å². The highest BCUT2D eigenvalue weighted by Gasteiger charge is 2.38. The van der Waals surface area contributed by atoms with E-state index in [-0.39, 0.29) is 17.1 Å².